The van der Waals surface area contributed by atoms with Crippen molar-refractivity contribution in [2.75, 3.05) is 12.4 Å². The van der Waals surface area contributed by atoms with E-state index >= 15 is 0 Å². The fourth-order valence-corrected chi connectivity index (χ4v) is 3.59. The Bertz CT molecular complexity index is 457. The van der Waals surface area contributed by atoms with E-state index in [0.717, 1.165) is 18.5 Å². The molecule has 4 heteroatoms. The first kappa shape index (κ1) is 13.4. The normalized spacial score (nSPS) is 31.1. The summed E-state index contributed by atoms with van der Waals surface area (Å²) < 4.78 is 0. The van der Waals surface area contributed by atoms with Crippen LogP contribution in [0.3, 0.4) is 0 Å². The summed E-state index contributed by atoms with van der Waals surface area (Å²) in [7, 11) is 2.26. The lowest BCUT2D eigenvalue weighted by atomic mass is 9.82. The van der Waals surface area contributed by atoms with Crippen LogP contribution in [0.2, 0.25) is 0 Å². The molecule has 2 fully saturated rings. The number of hydrogen-bond donors (Lipinski definition) is 2. The lowest BCUT2D eigenvalue weighted by molar-refractivity contribution is 0.0574. The van der Waals surface area contributed by atoms with E-state index in [-0.39, 0.29) is 0 Å². The Morgan fingerprint density at radius 1 is 1.20 bits per heavy atom. The van der Waals surface area contributed by atoms with E-state index in [1.54, 1.807) is 0 Å². The zero-order chi connectivity index (χ0) is 13.9. The molecular formula is C16H24N4. The second-order valence-electron chi connectivity index (χ2n) is 6.03. The van der Waals surface area contributed by atoms with E-state index < -0.39 is 0 Å². The van der Waals surface area contributed by atoms with E-state index in [2.05, 4.69) is 17.3 Å². The minimum absolute atomic E-state index is 0.373. The number of hydrogen-bond acceptors (Lipinski definition) is 2. The van der Waals surface area contributed by atoms with Crippen LogP contribution >= 0.6 is 0 Å². The number of piperidine rings is 2. The monoisotopic (exact) mass is 272 g/mol. The molecule has 2 aliphatic rings. The Labute approximate surface area is 121 Å². The van der Waals surface area contributed by atoms with Gasteiger partial charge in [0.15, 0.2) is 5.96 Å². The number of nitrogens with one attached hydrogen (secondary N) is 1. The Morgan fingerprint density at radius 2 is 1.85 bits per heavy atom. The van der Waals surface area contributed by atoms with Crippen LogP contribution in [-0.4, -0.2) is 36.0 Å². The summed E-state index contributed by atoms with van der Waals surface area (Å²) in [4.78, 5) is 7.26. The average molecular weight is 272 g/mol. The molecule has 0 saturated carbocycles. The Hall–Kier alpha value is -1.55. The van der Waals surface area contributed by atoms with Crippen molar-refractivity contribution in [3.05, 3.63) is 30.3 Å². The van der Waals surface area contributed by atoms with Crippen molar-refractivity contribution in [2.45, 2.75) is 50.2 Å². The molecule has 3 rings (SSSR count). The highest BCUT2D eigenvalue weighted by atomic mass is 15.2. The number of anilines is 1. The zero-order valence-electron chi connectivity index (χ0n) is 12.1. The first-order valence-electron chi connectivity index (χ1n) is 7.59. The van der Waals surface area contributed by atoms with Crippen molar-refractivity contribution in [1.82, 2.24) is 4.90 Å². The number of nitrogens with zero attached hydrogens (tertiary/aromatic N) is 2. The maximum Gasteiger partial charge on any atom is 0.193 e. The Kier molecular flexibility index (Phi) is 3.92. The number of fused-ring (bicyclic) bond motifs is 2. The predicted molar refractivity (Wildman–Crippen MR) is 83.9 cm³/mol. The van der Waals surface area contributed by atoms with Gasteiger partial charge in [0, 0.05) is 17.8 Å². The van der Waals surface area contributed by atoms with Crippen molar-refractivity contribution in [3.63, 3.8) is 0 Å². The van der Waals surface area contributed by atoms with E-state index in [9.17, 15) is 0 Å². The number of nitrogens with two attached hydrogens (primary N) is 1. The van der Waals surface area contributed by atoms with Crippen molar-refractivity contribution in [2.24, 2.45) is 10.7 Å². The topological polar surface area (TPSA) is 53.6 Å². The first-order valence-corrected chi connectivity index (χ1v) is 7.59. The summed E-state index contributed by atoms with van der Waals surface area (Å²) in [5.74, 6) is 0.545. The van der Waals surface area contributed by atoms with Crippen LogP contribution in [0.25, 0.3) is 0 Å². The highest BCUT2D eigenvalue weighted by Crippen LogP contribution is 2.33. The van der Waals surface area contributed by atoms with Gasteiger partial charge in [-0.05, 0) is 44.9 Å². The average Bonchev–Trinajstić information content (AvgIpc) is 2.41. The number of benzene rings is 1. The third-order valence-electron chi connectivity index (χ3n) is 4.68. The summed E-state index contributed by atoms with van der Waals surface area (Å²) in [6.07, 6.45) is 6.28. The van der Waals surface area contributed by atoms with Crippen molar-refractivity contribution < 1.29 is 0 Å². The minimum atomic E-state index is 0.373. The van der Waals surface area contributed by atoms with E-state index in [0.29, 0.717) is 24.1 Å². The van der Waals surface area contributed by atoms with Gasteiger partial charge in [0.2, 0.25) is 0 Å². The highest BCUT2D eigenvalue weighted by molar-refractivity contribution is 5.92. The molecule has 0 aliphatic carbocycles. The number of rotatable bonds is 2. The van der Waals surface area contributed by atoms with Crippen molar-refractivity contribution >= 4 is 11.6 Å². The van der Waals surface area contributed by atoms with Crippen LogP contribution in [0.4, 0.5) is 5.69 Å². The maximum absolute atomic E-state index is 6.05. The third-order valence-corrected chi connectivity index (χ3v) is 4.68. The molecule has 2 heterocycles. The molecule has 2 atom stereocenters. The van der Waals surface area contributed by atoms with E-state index in [1.165, 1.54) is 19.3 Å². The van der Waals surface area contributed by atoms with Gasteiger partial charge in [-0.3, -0.25) is 0 Å². The van der Waals surface area contributed by atoms with Crippen LogP contribution in [-0.2, 0) is 0 Å². The molecule has 2 bridgehead atoms. The maximum atomic E-state index is 6.05. The molecule has 4 nitrogen and oxygen atoms in total. The SMILES string of the molecule is CN1C2CCCC1CC(N=C(N)Nc1ccccc1)C2. The van der Waals surface area contributed by atoms with Gasteiger partial charge in [0.1, 0.15) is 0 Å². The summed E-state index contributed by atoms with van der Waals surface area (Å²) in [5.41, 5.74) is 7.05. The quantitative estimate of drug-likeness (QED) is 0.642. The minimum Gasteiger partial charge on any atom is -0.370 e. The molecule has 2 saturated heterocycles. The fourth-order valence-electron chi connectivity index (χ4n) is 3.59. The molecule has 0 amide bonds. The molecule has 2 unspecified atom stereocenters. The fraction of sp³-hybridized carbons (Fsp3) is 0.562. The highest BCUT2D eigenvalue weighted by Gasteiger charge is 2.35. The molecule has 0 radical (unpaired) electrons. The summed E-state index contributed by atoms with van der Waals surface area (Å²) in [6, 6.07) is 11.8. The summed E-state index contributed by atoms with van der Waals surface area (Å²) >= 11 is 0. The van der Waals surface area contributed by atoms with Gasteiger partial charge < -0.3 is 16.0 Å². The first-order chi connectivity index (χ1) is 9.72. The van der Waals surface area contributed by atoms with Gasteiger partial charge in [-0.1, -0.05) is 24.6 Å². The summed E-state index contributed by atoms with van der Waals surface area (Å²) in [5, 5.41) is 3.18. The molecule has 0 spiro atoms. The van der Waals surface area contributed by atoms with Gasteiger partial charge in [0.25, 0.3) is 0 Å². The zero-order valence-corrected chi connectivity index (χ0v) is 12.1. The smallest absolute Gasteiger partial charge is 0.193 e. The van der Waals surface area contributed by atoms with Crippen molar-refractivity contribution in [3.8, 4) is 0 Å². The summed E-state index contributed by atoms with van der Waals surface area (Å²) in [6.45, 7) is 0. The molecular weight excluding hydrogens is 248 g/mol. The second kappa shape index (κ2) is 5.83. The van der Waals surface area contributed by atoms with Crippen molar-refractivity contribution in [1.29, 1.82) is 0 Å². The largest absolute Gasteiger partial charge is 0.370 e. The Balaban J connectivity index is 1.63. The number of guanidine groups is 1. The molecule has 3 N–H and O–H groups in total. The van der Waals surface area contributed by atoms with Crippen LogP contribution in [0, 0.1) is 0 Å². The van der Waals surface area contributed by atoms with E-state index in [1.807, 2.05) is 30.3 Å². The van der Waals surface area contributed by atoms with E-state index in [4.69, 9.17) is 10.7 Å². The van der Waals surface area contributed by atoms with Crippen LogP contribution in [0.1, 0.15) is 32.1 Å². The third kappa shape index (κ3) is 2.96. The molecule has 20 heavy (non-hydrogen) atoms. The van der Waals surface area contributed by atoms with Gasteiger partial charge >= 0.3 is 0 Å². The molecule has 1 aromatic rings. The van der Waals surface area contributed by atoms with Crippen LogP contribution < -0.4 is 11.1 Å². The van der Waals surface area contributed by atoms with Gasteiger partial charge in [-0.15, -0.1) is 0 Å². The number of para-hydroxylation sites is 1. The van der Waals surface area contributed by atoms with Gasteiger partial charge in [0.05, 0.1) is 6.04 Å². The lowest BCUT2D eigenvalue weighted by Gasteiger charge is -2.46. The predicted octanol–water partition coefficient (Wildman–Crippen LogP) is 2.43. The molecule has 1 aromatic carbocycles. The van der Waals surface area contributed by atoms with Crippen LogP contribution in [0.5, 0.6) is 0 Å². The second-order valence-corrected chi connectivity index (χ2v) is 6.03. The molecule has 2 aliphatic heterocycles. The molecule has 0 aromatic heterocycles. The lowest BCUT2D eigenvalue weighted by Crippen LogP contribution is -2.51. The standard InChI is InChI=1S/C16H24N4/c1-20-14-8-5-9-15(20)11-13(10-14)19-16(17)18-12-6-3-2-4-7-12/h2-4,6-7,13-15H,5,8-11H2,1H3,(H3,17,18,19). The molecule has 108 valence electrons. The Morgan fingerprint density at radius 3 is 2.50 bits per heavy atom. The van der Waals surface area contributed by atoms with Gasteiger partial charge in [-0.2, -0.15) is 0 Å². The van der Waals surface area contributed by atoms with Crippen LogP contribution in [0.15, 0.2) is 35.3 Å². The van der Waals surface area contributed by atoms with Gasteiger partial charge in [-0.25, -0.2) is 4.99 Å². The number of aliphatic imine (C=N–C) groups is 1.